The van der Waals surface area contributed by atoms with Crippen LogP contribution in [0.15, 0.2) is 199 Å². The van der Waals surface area contributed by atoms with Crippen LogP contribution >= 0.6 is 11.3 Å². The van der Waals surface area contributed by atoms with Crippen molar-refractivity contribution in [1.82, 2.24) is 29.5 Å². The van der Waals surface area contributed by atoms with Crippen LogP contribution in [0.2, 0.25) is 0 Å². The molecule has 8 heteroatoms. The lowest BCUT2D eigenvalue weighted by atomic mass is 10.1. The van der Waals surface area contributed by atoms with Crippen molar-refractivity contribution in [2.45, 2.75) is 0 Å². The van der Waals surface area contributed by atoms with Gasteiger partial charge in [-0.2, -0.15) is 0 Å². The van der Waals surface area contributed by atoms with E-state index in [9.17, 15) is 0 Å². The Kier molecular flexibility index (Phi) is 7.94. The number of furan rings is 1. The van der Waals surface area contributed by atoms with Gasteiger partial charge in [0.15, 0.2) is 28.9 Å². The Labute approximate surface area is 364 Å². The predicted molar refractivity (Wildman–Crippen MR) is 257 cm³/mol. The van der Waals surface area contributed by atoms with E-state index >= 15 is 0 Å². The minimum Gasteiger partial charge on any atom is -0.452 e. The highest BCUT2D eigenvalue weighted by atomic mass is 32.1. The molecule has 0 aliphatic rings. The molecule has 5 aromatic heterocycles. The topological polar surface area (TPSA) is 82.5 Å². The minimum atomic E-state index is 0.608. The zero-order chi connectivity index (χ0) is 41.4. The van der Waals surface area contributed by atoms with Gasteiger partial charge in [0, 0.05) is 69.8 Å². The van der Waals surface area contributed by atoms with Gasteiger partial charge < -0.3 is 8.98 Å². The maximum Gasteiger partial charge on any atom is 0.180 e. The fraction of sp³-hybridized carbons (Fsp3) is 0. The van der Waals surface area contributed by atoms with E-state index < -0.39 is 0 Å². The molecule has 0 fully saturated rings. The van der Waals surface area contributed by atoms with Crippen molar-refractivity contribution >= 4 is 75.4 Å². The van der Waals surface area contributed by atoms with Crippen molar-refractivity contribution in [3.63, 3.8) is 0 Å². The summed E-state index contributed by atoms with van der Waals surface area (Å²) in [5, 5.41) is 5.51. The van der Waals surface area contributed by atoms with Gasteiger partial charge in [-0.3, -0.25) is 0 Å². The van der Waals surface area contributed by atoms with Crippen LogP contribution in [0.4, 0.5) is 0 Å². The van der Waals surface area contributed by atoms with Crippen LogP contribution in [0.5, 0.6) is 0 Å². The van der Waals surface area contributed by atoms with Crippen LogP contribution in [0.25, 0.3) is 127 Å². The van der Waals surface area contributed by atoms with Gasteiger partial charge in [0.05, 0.1) is 11.0 Å². The van der Waals surface area contributed by atoms with Gasteiger partial charge in [0.2, 0.25) is 0 Å². The number of nitrogens with zero attached hydrogens (tertiary/aromatic N) is 6. The van der Waals surface area contributed by atoms with Gasteiger partial charge in [0.1, 0.15) is 16.8 Å². The van der Waals surface area contributed by atoms with E-state index in [0.717, 1.165) is 92.3 Å². The average molecular weight is 825 g/mol. The van der Waals surface area contributed by atoms with Crippen molar-refractivity contribution < 1.29 is 4.42 Å². The third-order valence-corrected chi connectivity index (χ3v) is 13.1. The second-order valence-electron chi connectivity index (χ2n) is 15.6. The van der Waals surface area contributed by atoms with Gasteiger partial charge in [0.25, 0.3) is 0 Å². The summed E-state index contributed by atoms with van der Waals surface area (Å²) in [6, 6.07) is 66.9. The highest BCUT2D eigenvalue weighted by Crippen LogP contribution is 2.43. The number of benzene rings is 8. The van der Waals surface area contributed by atoms with E-state index in [4.69, 9.17) is 29.3 Å². The second kappa shape index (κ2) is 14.1. The Balaban J connectivity index is 0.972. The summed E-state index contributed by atoms with van der Waals surface area (Å²) >= 11 is 1.74. The van der Waals surface area contributed by atoms with E-state index in [1.165, 1.54) is 5.39 Å². The number of thiophene rings is 1. The largest absolute Gasteiger partial charge is 0.452 e. The highest BCUT2D eigenvalue weighted by molar-refractivity contribution is 7.26. The molecule has 13 rings (SSSR count). The zero-order valence-electron chi connectivity index (χ0n) is 33.5. The van der Waals surface area contributed by atoms with E-state index in [1.807, 2.05) is 66.7 Å². The zero-order valence-corrected chi connectivity index (χ0v) is 34.3. The molecule has 0 N–H and O–H groups in total. The molecule has 8 aromatic carbocycles. The summed E-state index contributed by atoms with van der Waals surface area (Å²) in [7, 11) is 0. The fourth-order valence-electron chi connectivity index (χ4n) is 8.93. The quantitative estimate of drug-likeness (QED) is 0.166. The molecular weight excluding hydrogens is 793 g/mol. The van der Waals surface area contributed by atoms with E-state index in [-0.39, 0.29) is 0 Å². The smallest absolute Gasteiger partial charge is 0.180 e. The maximum atomic E-state index is 6.41. The van der Waals surface area contributed by atoms with Crippen LogP contribution in [0.1, 0.15) is 0 Å². The van der Waals surface area contributed by atoms with Crippen molar-refractivity contribution in [3.8, 4) is 62.5 Å². The van der Waals surface area contributed by atoms with E-state index in [2.05, 4.69) is 132 Å². The molecule has 7 nitrogen and oxygen atoms in total. The molecule has 5 heterocycles. The van der Waals surface area contributed by atoms with Crippen LogP contribution in [0, 0.1) is 0 Å². The number of para-hydroxylation sites is 3. The molecule has 0 saturated heterocycles. The Morgan fingerprint density at radius 2 is 1.00 bits per heavy atom. The van der Waals surface area contributed by atoms with Gasteiger partial charge in [-0.1, -0.05) is 121 Å². The first-order valence-electron chi connectivity index (χ1n) is 20.8. The molecule has 0 spiro atoms. The number of fused-ring (bicyclic) bond motifs is 9. The number of rotatable bonds is 6. The van der Waals surface area contributed by atoms with Gasteiger partial charge in [-0.05, 0) is 72.8 Å². The summed E-state index contributed by atoms with van der Waals surface area (Å²) in [5.74, 6) is 2.50. The molecule has 0 aliphatic heterocycles. The summed E-state index contributed by atoms with van der Waals surface area (Å²) < 4.78 is 11.0. The first kappa shape index (κ1) is 35.4. The molecule has 0 aliphatic carbocycles. The summed E-state index contributed by atoms with van der Waals surface area (Å²) in [4.78, 5) is 25.9. The summed E-state index contributed by atoms with van der Waals surface area (Å²) in [6.45, 7) is 0. The van der Waals surface area contributed by atoms with Crippen LogP contribution < -0.4 is 0 Å². The monoisotopic (exact) mass is 824 g/mol. The van der Waals surface area contributed by atoms with E-state index in [1.54, 1.807) is 11.3 Å². The SMILES string of the molecule is c1ccc(-c2nc(-c3ccc4sc5c(-c6nc(-c7ccccc7)c7oc8ccccc8c7n6)cccc5c4c3)nc(-c3ccc4c(c3)c3ccccc3n4-c3ccccc3)n2)cc1. The molecule has 13 aromatic rings. The maximum absolute atomic E-state index is 6.41. The molecule has 63 heavy (non-hydrogen) atoms. The lowest BCUT2D eigenvalue weighted by molar-refractivity contribution is 0.667. The van der Waals surface area contributed by atoms with Crippen LogP contribution in [0.3, 0.4) is 0 Å². The normalized spacial score (nSPS) is 11.8. The number of hydrogen-bond donors (Lipinski definition) is 0. The number of hydrogen-bond acceptors (Lipinski definition) is 7. The van der Waals surface area contributed by atoms with E-state index in [0.29, 0.717) is 28.9 Å². The summed E-state index contributed by atoms with van der Waals surface area (Å²) in [5.41, 5.74) is 11.1. The third-order valence-electron chi connectivity index (χ3n) is 11.9. The van der Waals surface area contributed by atoms with Gasteiger partial charge in [-0.25, -0.2) is 24.9 Å². The Hall–Kier alpha value is -8.33. The second-order valence-corrected chi connectivity index (χ2v) is 16.7. The van der Waals surface area contributed by atoms with Crippen molar-refractivity contribution in [3.05, 3.63) is 194 Å². The van der Waals surface area contributed by atoms with Crippen molar-refractivity contribution in [2.24, 2.45) is 0 Å². The molecule has 0 radical (unpaired) electrons. The van der Waals surface area contributed by atoms with Crippen LogP contribution in [-0.4, -0.2) is 29.5 Å². The average Bonchev–Trinajstić information content (AvgIpc) is 4.03. The van der Waals surface area contributed by atoms with Gasteiger partial charge >= 0.3 is 0 Å². The van der Waals surface area contributed by atoms with Gasteiger partial charge in [-0.15, -0.1) is 11.3 Å². The van der Waals surface area contributed by atoms with Crippen molar-refractivity contribution in [1.29, 1.82) is 0 Å². The summed E-state index contributed by atoms with van der Waals surface area (Å²) in [6.07, 6.45) is 0. The predicted octanol–water partition coefficient (Wildman–Crippen LogP) is 14.4. The first-order chi connectivity index (χ1) is 31.2. The molecular formula is C55H32N6OS. The lowest BCUT2D eigenvalue weighted by Crippen LogP contribution is -2.00. The molecule has 294 valence electrons. The number of aromatic nitrogens is 6. The Morgan fingerprint density at radius 1 is 0.397 bits per heavy atom. The molecule has 0 unspecified atom stereocenters. The Bertz CT molecular complexity index is 3910. The highest BCUT2D eigenvalue weighted by Gasteiger charge is 2.21. The molecule has 0 amide bonds. The molecule has 0 saturated carbocycles. The third kappa shape index (κ3) is 5.76. The fourth-order valence-corrected chi connectivity index (χ4v) is 10.1. The molecule has 0 atom stereocenters. The van der Waals surface area contributed by atoms with Crippen molar-refractivity contribution in [2.75, 3.05) is 0 Å². The van der Waals surface area contributed by atoms with Crippen LogP contribution in [-0.2, 0) is 0 Å². The first-order valence-corrected chi connectivity index (χ1v) is 21.6. The Morgan fingerprint density at radius 3 is 1.78 bits per heavy atom. The minimum absolute atomic E-state index is 0.608. The standard InChI is InChI=1S/C55H32N6OS/c1-4-15-33(16-5-1)48-50-49(40-22-11-13-26-46(40)62-50)57-55(56-48)41-24-14-23-39-43-32-36(28-30-47(43)63-51(39)41)54-59-52(34-17-6-2-7-18-34)58-53(60-54)35-27-29-45-42(31-35)38-21-10-12-25-44(38)61(45)37-19-8-3-9-20-37/h1-32H. The molecule has 0 bridgehead atoms. The lowest BCUT2D eigenvalue weighted by Gasteiger charge is -2.10.